The van der Waals surface area contributed by atoms with E-state index in [4.69, 9.17) is 10.5 Å². The summed E-state index contributed by atoms with van der Waals surface area (Å²) in [7, 11) is 5.06. The highest BCUT2D eigenvalue weighted by atomic mass is 19.1. The molecule has 0 spiro atoms. The summed E-state index contributed by atoms with van der Waals surface area (Å²) < 4.78 is 20.1. The predicted octanol–water partition coefficient (Wildman–Crippen LogP) is 2.92. The number of ether oxygens (including phenoxy) is 1. The van der Waals surface area contributed by atoms with Crippen LogP contribution in [-0.4, -0.2) is 85.4 Å². The fourth-order valence-electron chi connectivity index (χ4n) is 4.38. The third-order valence-electron chi connectivity index (χ3n) is 6.57. The van der Waals surface area contributed by atoms with E-state index in [1.807, 2.05) is 35.2 Å². The SMILES string of the molecule is COc1ccccc1Cc1cc(-c2cc(F)cc(C(=O)N3CCN(CC(=O)N(C)C)CC3)c2)cnc1N. The molecule has 9 heteroatoms. The molecule has 37 heavy (non-hydrogen) atoms. The van der Waals surface area contributed by atoms with Crippen LogP contribution in [-0.2, 0) is 11.2 Å². The van der Waals surface area contributed by atoms with E-state index in [0.29, 0.717) is 56.1 Å². The number of methoxy groups -OCH3 is 1. The predicted molar refractivity (Wildman–Crippen MR) is 141 cm³/mol. The van der Waals surface area contributed by atoms with Crippen LogP contribution in [0.3, 0.4) is 0 Å². The molecule has 2 amide bonds. The summed E-state index contributed by atoms with van der Waals surface area (Å²) in [5, 5.41) is 0. The van der Waals surface area contributed by atoms with Gasteiger partial charge in [0.2, 0.25) is 5.91 Å². The van der Waals surface area contributed by atoms with Crippen molar-refractivity contribution < 1.29 is 18.7 Å². The molecule has 194 valence electrons. The lowest BCUT2D eigenvalue weighted by molar-refractivity contribution is -0.130. The van der Waals surface area contributed by atoms with Crippen LogP contribution < -0.4 is 10.5 Å². The average Bonchev–Trinajstić information content (AvgIpc) is 2.89. The maximum atomic E-state index is 14.7. The number of benzene rings is 2. The van der Waals surface area contributed by atoms with Gasteiger partial charge in [0.05, 0.1) is 13.7 Å². The molecule has 1 aliphatic rings. The van der Waals surface area contributed by atoms with Crippen LogP contribution in [0.5, 0.6) is 5.75 Å². The van der Waals surface area contributed by atoms with Gasteiger partial charge < -0.3 is 20.3 Å². The average molecular weight is 506 g/mol. The minimum atomic E-state index is -0.501. The molecule has 4 rings (SSSR count). The Morgan fingerprint density at radius 3 is 2.46 bits per heavy atom. The monoisotopic (exact) mass is 505 g/mol. The van der Waals surface area contributed by atoms with E-state index in [1.165, 1.54) is 12.1 Å². The third kappa shape index (κ3) is 6.24. The second-order valence-corrected chi connectivity index (χ2v) is 9.34. The highest BCUT2D eigenvalue weighted by molar-refractivity contribution is 5.95. The minimum Gasteiger partial charge on any atom is -0.496 e. The number of piperazine rings is 1. The summed E-state index contributed by atoms with van der Waals surface area (Å²) >= 11 is 0. The van der Waals surface area contributed by atoms with Gasteiger partial charge >= 0.3 is 0 Å². The van der Waals surface area contributed by atoms with Crippen molar-refractivity contribution >= 4 is 17.6 Å². The van der Waals surface area contributed by atoms with Crippen molar-refractivity contribution in [2.24, 2.45) is 0 Å². The lowest BCUT2D eigenvalue weighted by Crippen LogP contribution is -2.51. The van der Waals surface area contributed by atoms with Gasteiger partial charge in [-0.2, -0.15) is 0 Å². The lowest BCUT2D eigenvalue weighted by Gasteiger charge is -2.34. The number of nitrogens with zero attached hydrogens (tertiary/aromatic N) is 4. The standard InChI is InChI=1S/C28H32FN5O3/c1-32(2)26(35)18-33-8-10-34(11-9-33)28(36)22-13-20(15-24(29)16-22)23-14-21(27(30)31-17-23)12-19-6-4-5-7-25(19)37-3/h4-7,13-17H,8-12,18H2,1-3H3,(H2,30,31). The number of nitrogens with two attached hydrogens (primary N) is 1. The first-order chi connectivity index (χ1) is 17.7. The second-order valence-electron chi connectivity index (χ2n) is 9.34. The fourth-order valence-corrected chi connectivity index (χ4v) is 4.38. The molecule has 1 saturated heterocycles. The molecule has 0 aliphatic carbocycles. The number of hydrogen-bond acceptors (Lipinski definition) is 6. The number of likely N-dealkylation sites (N-methyl/N-ethyl adjacent to an activating group) is 1. The molecule has 1 fully saturated rings. The van der Waals surface area contributed by atoms with Crippen molar-refractivity contribution in [3.63, 3.8) is 0 Å². The Balaban J connectivity index is 1.52. The molecular weight excluding hydrogens is 473 g/mol. The van der Waals surface area contributed by atoms with Gasteiger partial charge in [-0.3, -0.25) is 14.5 Å². The number of amides is 2. The van der Waals surface area contributed by atoms with Gasteiger partial charge in [0.15, 0.2) is 0 Å². The van der Waals surface area contributed by atoms with E-state index in [1.54, 1.807) is 43.3 Å². The molecule has 8 nitrogen and oxygen atoms in total. The number of pyridine rings is 1. The van der Waals surface area contributed by atoms with Crippen LogP contribution in [0.15, 0.2) is 54.7 Å². The van der Waals surface area contributed by atoms with Gasteiger partial charge in [0.25, 0.3) is 5.91 Å². The summed E-state index contributed by atoms with van der Waals surface area (Å²) in [5.41, 5.74) is 9.38. The highest BCUT2D eigenvalue weighted by Gasteiger charge is 2.24. The first-order valence-corrected chi connectivity index (χ1v) is 12.1. The Kier molecular flexibility index (Phi) is 8.03. The highest BCUT2D eigenvalue weighted by Crippen LogP contribution is 2.28. The van der Waals surface area contributed by atoms with Crippen molar-refractivity contribution in [1.29, 1.82) is 0 Å². The van der Waals surface area contributed by atoms with Crippen LogP contribution in [0.25, 0.3) is 11.1 Å². The van der Waals surface area contributed by atoms with E-state index in [9.17, 15) is 14.0 Å². The van der Waals surface area contributed by atoms with E-state index in [0.717, 1.165) is 16.9 Å². The summed E-state index contributed by atoms with van der Waals surface area (Å²) in [4.78, 5) is 34.8. The van der Waals surface area contributed by atoms with Gasteiger partial charge in [0, 0.05) is 64.0 Å². The van der Waals surface area contributed by atoms with Crippen LogP contribution >= 0.6 is 0 Å². The Morgan fingerprint density at radius 2 is 1.76 bits per heavy atom. The molecule has 0 atom stereocenters. The zero-order valence-corrected chi connectivity index (χ0v) is 21.4. The molecule has 0 unspecified atom stereocenters. The topological polar surface area (TPSA) is 92.0 Å². The Bertz CT molecular complexity index is 1290. The summed E-state index contributed by atoms with van der Waals surface area (Å²) in [5.74, 6) is 0.415. The fraction of sp³-hybridized carbons (Fsp3) is 0.321. The molecular formula is C28H32FN5O3. The number of halogens is 1. The van der Waals surface area contributed by atoms with E-state index in [2.05, 4.69) is 4.98 Å². The van der Waals surface area contributed by atoms with Crippen LogP contribution in [0.4, 0.5) is 10.2 Å². The van der Waals surface area contributed by atoms with Gasteiger partial charge in [0.1, 0.15) is 17.4 Å². The molecule has 0 bridgehead atoms. The van der Waals surface area contributed by atoms with Crippen molar-refractivity contribution in [2.45, 2.75) is 6.42 Å². The number of aromatic nitrogens is 1. The van der Waals surface area contributed by atoms with Gasteiger partial charge in [-0.1, -0.05) is 18.2 Å². The molecule has 1 aliphatic heterocycles. The zero-order valence-electron chi connectivity index (χ0n) is 21.4. The van der Waals surface area contributed by atoms with Crippen LogP contribution in [0, 0.1) is 5.82 Å². The van der Waals surface area contributed by atoms with E-state index < -0.39 is 5.82 Å². The number of carbonyl (C=O) groups excluding carboxylic acids is 2. The smallest absolute Gasteiger partial charge is 0.254 e. The molecule has 2 aromatic carbocycles. The van der Waals surface area contributed by atoms with Crippen molar-refractivity contribution in [2.75, 3.05) is 59.7 Å². The second kappa shape index (κ2) is 11.4. The first kappa shape index (κ1) is 26.1. The quantitative estimate of drug-likeness (QED) is 0.531. The van der Waals surface area contributed by atoms with Gasteiger partial charge in [-0.25, -0.2) is 9.37 Å². The van der Waals surface area contributed by atoms with Crippen LogP contribution in [0.1, 0.15) is 21.5 Å². The largest absolute Gasteiger partial charge is 0.496 e. The lowest BCUT2D eigenvalue weighted by atomic mass is 9.99. The summed E-state index contributed by atoms with van der Waals surface area (Å²) in [6.45, 7) is 2.43. The molecule has 1 aromatic heterocycles. The molecule has 0 radical (unpaired) electrons. The summed E-state index contributed by atoms with van der Waals surface area (Å²) in [6.07, 6.45) is 2.09. The normalized spacial score (nSPS) is 13.9. The number of carbonyl (C=O) groups is 2. The summed E-state index contributed by atoms with van der Waals surface area (Å²) in [6, 6.07) is 13.9. The zero-order chi connectivity index (χ0) is 26.5. The van der Waals surface area contributed by atoms with Crippen molar-refractivity contribution in [3.8, 4) is 16.9 Å². The van der Waals surface area contributed by atoms with Crippen molar-refractivity contribution in [1.82, 2.24) is 19.7 Å². The number of anilines is 1. The van der Waals surface area contributed by atoms with Crippen molar-refractivity contribution in [3.05, 3.63) is 77.2 Å². The van der Waals surface area contributed by atoms with Crippen LogP contribution in [0.2, 0.25) is 0 Å². The molecule has 2 N–H and O–H groups in total. The Labute approximate surface area is 216 Å². The molecule has 2 heterocycles. The van der Waals surface area contributed by atoms with E-state index >= 15 is 0 Å². The van der Waals surface area contributed by atoms with E-state index in [-0.39, 0.29) is 17.4 Å². The third-order valence-corrected chi connectivity index (χ3v) is 6.57. The number of nitrogen functional groups attached to an aromatic ring is 1. The number of rotatable bonds is 7. The van der Waals surface area contributed by atoms with Gasteiger partial charge in [-0.15, -0.1) is 0 Å². The Hall–Kier alpha value is -3.98. The molecule has 3 aromatic rings. The number of hydrogen-bond donors (Lipinski definition) is 1. The maximum Gasteiger partial charge on any atom is 0.254 e. The van der Waals surface area contributed by atoms with Gasteiger partial charge in [-0.05, 0) is 47.0 Å². The number of para-hydroxylation sites is 1. The maximum absolute atomic E-state index is 14.7. The first-order valence-electron chi connectivity index (χ1n) is 12.1. The molecule has 0 saturated carbocycles. The Morgan fingerprint density at radius 1 is 1.03 bits per heavy atom. The minimum absolute atomic E-state index is 0.0248.